The number of hydrogen-bond donors (Lipinski definition) is 0. The van der Waals surface area contributed by atoms with E-state index in [1.54, 1.807) is 0 Å². The van der Waals surface area contributed by atoms with Gasteiger partial charge in [0.2, 0.25) is 5.79 Å². The molecule has 1 aliphatic carbocycles. The molecule has 2 rings (SSSR count). The Morgan fingerprint density at radius 1 is 1.00 bits per heavy atom. The normalized spacial score (nSPS) is 40.4. The van der Waals surface area contributed by atoms with Crippen LogP contribution in [0.1, 0.15) is 6.42 Å². The molecule has 2 aliphatic rings. The second kappa shape index (κ2) is 4.47. The number of hydrogen-bond acceptors (Lipinski definition) is 2. The quantitative estimate of drug-likeness (QED) is 0.504. The molecule has 0 aromatic rings. The van der Waals surface area contributed by atoms with Crippen molar-refractivity contribution < 1.29 is 9.47 Å². The minimum Gasteiger partial charge on any atom is -0.345 e. The Morgan fingerprint density at radius 3 is 2.00 bits per heavy atom. The van der Waals surface area contributed by atoms with Gasteiger partial charge in [0, 0.05) is 0 Å². The lowest BCUT2D eigenvalue weighted by atomic mass is 10.1. The van der Waals surface area contributed by atoms with E-state index in [-0.39, 0.29) is 9.65 Å². The third-order valence-electron chi connectivity index (χ3n) is 2.39. The van der Waals surface area contributed by atoms with Gasteiger partial charge in [0.25, 0.3) is 0 Å². The standard InChI is InChI=1S/C10H12Br2O2/c11-8-4-2-1-3-5-9(12)10(8)13-6-7-14-10/h2-5,8-9H,1,6-7H2/b4-2-,5-3-/t8-,9-/m1/s1. The number of rotatable bonds is 0. The Balaban J connectivity index is 2.27. The van der Waals surface area contributed by atoms with Crippen molar-refractivity contribution in [1.82, 2.24) is 0 Å². The van der Waals surface area contributed by atoms with Gasteiger partial charge in [-0.15, -0.1) is 0 Å². The van der Waals surface area contributed by atoms with Crippen LogP contribution in [0.5, 0.6) is 0 Å². The van der Waals surface area contributed by atoms with Crippen LogP contribution in [-0.4, -0.2) is 28.7 Å². The maximum atomic E-state index is 5.72. The number of halogens is 2. The van der Waals surface area contributed by atoms with E-state index in [4.69, 9.17) is 9.47 Å². The Morgan fingerprint density at radius 2 is 1.50 bits per heavy atom. The van der Waals surface area contributed by atoms with Crippen LogP contribution in [0.4, 0.5) is 0 Å². The predicted molar refractivity (Wildman–Crippen MR) is 63.0 cm³/mol. The number of allylic oxidation sites excluding steroid dienone is 2. The Hall–Kier alpha value is 0.360. The van der Waals surface area contributed by atoms with Gasteiger partial charge in [0.15, 0.2) is 0 Å². The summed E-state index contributed by atoms with van der Waals surface area (Å²) in [6, 6.07) is 0. The van der Waals surface area contributed by atoms with Crippen molar-refractivity contribution in [3.8, 4) is 0 Å². The Kier molecular flexibility index (Phi) is 3.47. The monoisotopic (exact) mass is 322 g/mol. The molecule has 1 fully saturated rings. The van der Waals surface area contributed by atoms with E-state index in [2.05, 4.69) is 56.2 Å². The fourth-order valence-corrected chi connectivity index (χ4v) is 3.54. The van der Waals surface area contributed by atoms with E-state index in [9.17, 15) is 0 Å². The number of ether oxygens (including phenoxy) is 2. The van der Waals surface area contributed by atoms with Crippen LogP contribution in [0.15, 0.2) is 24.3 Å². The molecule has 0 unspecified atom stereocenters. The Labute approximate surface area is 101 Å². The first-order valence-corrected chi connectivity index (χ1v) is 6.48. The van der Waals surface area contributed by atoms with Crippen molar-refractivity contribution in [1.29, 1.82) is 0 Å². The fourth-order valence-electron chi connectivity index (χ4n) is 1.66. The van der Waals surface area contributed by atoms with Gasteiger partial charge < -0.3 is 9.47 Å². The lowest BCUT2D eigenvalue weighted by Gasteiger charge is -2.34. The SMILES string of the molecule is Br[C@@H]1/C=C\C/C=C\[C@@H](Br)C12OCCO2. The summed E-state index contributed by atoms with van der Waals surface area (Å²) < 4.78 is 11.4. The van der Waals surface area contributed by atoms with Crippen LogP contribution < -0.4 is 0 Å². The topological polar surface area (TPSA) is 18.5 Å². The second-order valence-electron chi connectivity index (χ2n) is 3.31. The van der Waals surface area contributed by atoms with E-state index in [1.165, 1.54) is 0 Å². The third kappa shape index (κ3) is 1.85. The minimum absolute atomic E-state index is 0.0897. The summed E-state index contributed by atoms with van der Waals surface area (Å²) in [4.78, 5) is 0.179. The minimum atomic E-state index is -0.576. The van der Waals surface area contributed by atoms with Gasteiger partial charge in [-0.05, 0) is 6.42 Å². The number of alkyl halides is 2. The highest BCUT2D eigenvalue weighted by molar-refractivity contribution is 9.10. The molecule has 0 aromatic carbocycles. The van der Waals surface area contributed by atoms with Gasteiger partial charge >= 0.3 is 0 Å². The van der Waals surface area contributed by atoms with E-state index >= 15 is 0 Å². The van der Waals surface area contributed by atoms with E-state index < -0.39 is 5.79 Å². The molecule has 0 aromatic heterocycles. The summed E-state index contributed by atoms with van der Waals surface area (Å²) in [7, 11) is 0. The second-order valence-corrected chi connectivity index (χ2v) is 5.29. The van der Waals surface area contributed by atoms with Crippen molar-refractivity contribution in [3.05, 3.63) is 24.3 Å². The van der Waals surface area contributed by atoms with Crippen LogP contribution in [-0.2, 0) is 9.47 Å². The zero-order chi connectivity index (χ0) is 10.0. The first kappa shape index (κ1) is 10.9. The molecule has 2 nitrogen and oxygen atoms in total. The molecule has 4 heteroatoms. The molecule has 0 N–H and O–H groups in total. The largest absolute Gasteiger partial charge is 0.345 e. The molecule has 2 atom stereocenters. The lowest BCUT2D eigenvalue weighted by molar-refractivity contribution is -0.140. The molecule has 1 aliphatic heterocycles. The van der Waals surface area contributed by atoms with Crippen molar-refractivity contribution in [3.63, 3.8) is 0 Å². The van der Waals surface area contributed by atoms with Crippen LogP contribution in [0, 0.1) is 0 Å². The first-order chi connectivity index (χ1) is 6.76. The van der Waals surface area contributed by atoms with Crippen LogP contribution >= 0.6 is 31.9 Å². The van der Waals surface area contributed by atoms with Gasteiger partial charge in [-0.1, -0.05) is 56.2 Å². The van der Waals surface area contributed by atoms with E-state index in [0.717, 1.165) is 6.42 Å². The first-order valence-electron chi connectivity index (χ1n) is 4.65. The van der Waals surface area contributed by atoms with Crippen LogP contribution in [0.2, 0.25) is 0 Å². The highest BCUT2D eigenvalue weighted by Crippen LogP contribution is 2.38. The smallest absolute Gasteiger partial charge is 0.200 e. The van der Waals surface area contributed by atoms with E-state index in [0.29, 0.717) is 13.2 Å². The molecule has 0 saturated carbocycles. The average Bonchev–Trinajstić information content (AvgIpc) is 2.65. The zero-order valence-corrected chi connectivity index (χ0v) is 10.8. The fraction of sp³-hybridized carbons (Fsp3) is 0.600. The molecule has 78 valence electrons. The molecule has 1 saturated heterocycles. The average molecular weight is 324 g/mol. The maximum absolute atomic E-state index is 5.72. The van der Waals surface area contributed by atoms with Crippen LogP contribution in [0.25, 0.3) is 0 Å². The molecule has 0 radical (unpaired) electrons. The van der Waals surface area contributed by atoms with Crippen molar-refractivity contribution in [2.45, 2.75) is 21.9 Å². The van der Waals surface area contributed by atoms with Crippen molar-refractivity contribution in [2.24, 2.45) is 0 Å². The molecule has 0 bridgehead atoms. The molecule has 1 spiro atoms. The lowest BCUT2D eigenvalue weighted by Crippen LogP contribution is -2.46. The summed E-state index contributed by atoms with van der Waals surface area (Å²) in [5.74, 6) is -0.576. The Bertz CT molecular complexity index is 237. The molecular weight excluding hydrogens is 312 g/mol. The molecule has 0 amide bonds. The van der Waals surface area contributed by atoms with E-state index in [1.807, 2.05) is 0 Å². The zero-order valence-electron chi connectivity index (χ0n) is 7.66. The van der Waals surface area contributed by atoms with Gasteiger partial charge in [0.1, 0.15) is 0 Å². The summed E-state index contributed by atoms with van der Waals surface area (Å²) in [6.07, 6.45) is 9.36. The summed E-state index contributed by atoms with van der Waals surface area (Å²) in [5, 5.41) is 0. The highest BCUT2D eigenvalue weighted by atomic mass is 79.9. The molecular formula is C10H12Br2O2. The van der Waals surface area contributed by atoms with Gasteiger partial charge in [0.05, 0.1) is 22.9 Å². The molecule has 1 heterocycles. The molecule has 14 heavy (non-hydrogen) atoms. The predicted octanol–water partition coefficient (Wildman–Crippen LogP) is 2.77. The van der Waals surface area contributed by atoms with Crippen molar-refractivity contribution in [2.75, 3.05) is 13.2 Å². The highest BCUT2D eigenvalue weighted by Gasteiger charge is 2.47. The van der Waals surface area contributed by atoms with Gasteiger partial charge in [-0.2, -0.15) is 0 Å². The van der Waals surface area contributed by atoms with Crippen molar-refractivity contribution >= 4 is 31.9 Å². The maximum Gasteiger partial charge on any atom is 0.200 e. The van der Waals surface area contributed by atoms with Crippen LogP contribution in [0.3, 0.4) is 0 Å². The third-order valence-corrected chi connectivity index (χ3v) is 4.28. The summed E-state index contributed by atoms with van der Waals surface area (Å²) in [5.41, 5.74) is 0. The van der Waals surface area contributed by atoms with Gasteiger partial charge in [-0.25, -0.2) is 0 Å². The van der Waals surface area contributed by atoms with Gasteiger partial charge in [-0.3, -0.25) is 0 Å². The summed E-state index contributed by atoms with van der Waals surface area (Å²) in [6.45, 7) is 1.32. The summed E-state index contributed by atoms with van der Waals surface area (Å²) >= 11 is 7.19.